The number of aromatic nitrogens is 3. The molecule has 0 saturated carbocycles. The first-order valence-corrected chi connectivity index (χ1v) is 4.55. The molecule has 0 bridgehead atoms. The normalized spacial score (nSPS) is 7.50. The standard InChI is InChI=1S/3C4H4N.Pb.H/c3*1-2-4-5-3-1;;/h3*1-4H;;/q3*-1;;. The molecule has 0 atom stereocenters. The van der Waals surface area contributed by atoms with Crippen molar-refractivity contribution in [3.8, 4) is 0 Å². The van der Waals surface area contributed by atoms with Crippen molar-refractivity contribution >= 4 is 27.3 Å². The van der Waals surface area contributed by atoms with Crippen molar-refractivity contribution in [2.45, 2.75) is 0 Å². The molecule has 0 unspecified atom stereocenters. The van der Waals surface area contributed by atoms with Crippen molar-refractivity contribution in [2.75, 3.05) is 0 Å². The van der Waals surface area contributed by atoms with Crippen LogP contribution in [0.2, 0.25) is 0 Å². The molecule has 0 amide bonds. The molecule has 0 fully saturated rings. The zero-order valence-electron chi connectivity index (χ0n) is 8.85. The van der Waals surface area contributed by atoms with E-state index in [4.69, 9.17) is 0 Å². The van der Waals surface area contributed by atoms with Gasteiger partial charge in [-0.05, 0) is 0 Å². The van der Waals surface area contributed by atoms with Gasteiger partial charge in [-0.25, -0.2) is 0 Å². The second-order valence-corrected chi connectivity index (χ2v) is 2.50. The van der Waals surface area contributed by atoms with Crippen molar-refractivity contribution in [3.05, 3.63) is 73.6 Å². The molecule has 0 N–H and O–H groups in total. The molecular weight excluding hydrogens is 393 g/mol. The van der Waals surface area contributed by atoms with E-state index in [2.05, 4.69) is 15.0 Å². The van der Waals surface area contributed by atoms with E-state index in [1.54, 1.807) is 37.2 Å². The second kappa shape index (κ2) is 11.8. The van der Waals surface area contributed by atoms with Gasteiger partial charge in [0.15, 0.2) is 0 Å². The van der Waals surface area contributed by atoms with Crippen LogP contribution in [-0.4, -0.2) is 27.3 Å². The van der Waals surface area contributed by atoms with Crippen LogP contribution in [0, 0.1) is 0 Å². The molecule has 0 aliphatic carbocycles. The molecule has 3 aromatic rings. The Labute approximate surface area is 115 Å². The Hall–Kier alpha value is -1.24. The van der Waals surface area contributed by atoms with Gasteiger partial charge in [-0.1, -0.05) is 36.4 Å². The van der Waals surface area contributed by atoms with Crippen molar-refractivity contribution < 1.29 is 0 Å². The van der Waals surface area contributed by atoms with Crippen LogP contribution in [0.3, 0.4) is 0 Å². The quantitative estimate of drug-likeness (QED) is 0.529. The third-order valence-corrected chi connectivity index (χ3v) is 1.37. The predicted octanol–water partition coefficient (Wildman–Crippen LogP) is 1.28. The van der Waals surface area contributed by atoms with Gasteiger partial charge >= 0.3 is 27.3 Å². The topological polar surface area (TPSA) is 42.3 Å². The van der Waals surface area contributed by atoms with E-state index in [-0.39, 0.29) is 27.3 Å². The number of rotatable bonds is 0. The second-order valence-electron chi connectivity index (χ2n) is 2.50. The van der Waals surface area contributed by atoms with Gasteiger partial charge in [-0.3, -0.25) is 0 Å². The zero-order chi connectivity index (χ0) is 10.6. The number of nitrogens with zero attached hydrogens (tertiary/aromatic N) is 3. The third kappa shape index (κ3) is 9.32. The molecule has 16 heavy (non-hydrogen) atoms. The summed E-state index contributed by atoms with van der Waals surface area (Å²) in [5, 5.41) is 0. The van der Waals surface area contributed by atoms with Crippen LogP contribution in [0.4, 0.5) is 0 Å². The predicted molar refractivity (Wildman–Crippen MR) is 66.4 cm³/mol. The van der Waals surface area contributed by atoms with Crippen molar-refractivity contribution in [3.63, 3.8) is 0 Å². The van der Waals surface area contributed by atoms with Crippen LogP contribution in [-0.2, 0) is 0 Å². The monoisotopic (exact) mass is 407 g/mol. The Morgan fingerprint density at radius 1 is 0.375 bits per heavy atom. The fourth-order valence-corrected chi connectivity index (χ4v) is 0.745. The summed E-state index contributed by atoms with van der Waals surface area (Å²) in [5.41, 5.74) is 0. The van der Waals surface area contributed by atoms with Gasteiger partial charge in [0, 0.05) is 0 Å². The minimum Gasteiger partial charge on any atom is -0.670 e. The fourth-order valence-electron chi connectivity index (χ4n) is 0.745. The summed E-state index contributed by atoms with van der Waals surface area (Å²) in [4.78, 5) is 11.2. The molecule has 0 aliphatic rings. The fraction of sp³-hybridized carbons (Fsp3) is 0. The van der Waals surface area contributed by atoms with Crippen LogP contribution >= 0.6 is 0 Å². The molecule has 3 rings (SSSR count). The molecule has 3 aromatic heterocycles. The molecule has 3 nitrogen and oxygen atoms in total. The van der Waals surface area contributed by atoms with Crippen LogP contribution < -0.4 is 15.0 Å². The number of hydrogen-bond donors (Lipinski definition) is 0. The maximum absolute atomic E-state index is 3.72. The molecule has 0 saturated heterocycles. The van der Waals surface area contributed by atoms with E-state index in [9.17, 15) is 0 Å². The Bertz CT molecular complexity index is 248. The largest absolute Gasteiger partial charge is 0.670 e. The number of hydrogen-bond acceptors (Lipinski definition) is 0. The molecule has 3 radical (unpaired) electrons. The van der Waals surface area contributed by atoms with Crippen LogP contribution in [0.25, 0.3) is 0 Å². The van der Waals surface area contributed by atoms with Gasteiger partial charge in [-0.15, -0.1) is 0 Å². The van der Waals surface area contributed by atoms with Crippen molar-refractivity contribution in [1.29, 1.82) is 0 Å². The SMILES string of the molecule is [PbH].c1cc[n-]c1.c1cc[n-]c1.c1cc[n-]c1. The van der Waals surface area contributed by atoms with E-state index in [1.165, 1.54) is 0 Å². The Balaban J connectivity index is 0.000000205. The van der Waals surface area contributed by atoms with Gasteiger partial charge in [0.05, 0.1) is 0 Å². The summed E-state index contributed by atoms with van der Waals surface area (Å²) in [6, 6.07) is 11.3. The molecule has 4 heteroatoms. The van der Waals surface area contributed by atoms with Gasteiger partial charge in [0.1, 0.15) is 0 Å². The Kier molecular flexibility index (Phi) is 10.9. The Morgan fingerprint density at radius 2 is 0.562 bits per heavy atom. The smallest absolute Gasteiger partial charge is 0.0860 e. The summed E-state index contributed by atoms with van der Waals surface area (Å²) in [5.74, 6) is 0. The zero-order valence-corrected chi connectivity index (χ0v) is 13.3. The summed E-state index contributed by atoms with van der Waals surface area (Å²) in [6.07, 6.45) is 10.5. The van der Waals surface area contributed by atoms with Crippen LogP contribution in [0.5, 0.6) is 0 Å². The van der Waals surface area contributed by atoms with Gasteiger partial charge in [-0.2, -0.15) is 37.2 Å². The third-order valence-electron chi connectivity index (χ3n) is 1.37. The molecule has 83 valence electrons. The van der Waals surface area contributed by atoms with E-state index >= 15 is 0 Å². The maximum Gasteiger partial charge on any atom is -0.0860 e. The minimum absolute atomic E-state index is 0. The van der Waals surface area contributed by atoms with Crippen molar-refractivity contribution in [2.24, 2.45) is 0 Å². The first kappa shape index (κ1) is 14.8. The summed E-state index contributed by atoms with van der Waals surface area (Å²) >= 11 is 0. The average Bonchev–Trinajstić information content (AvgIpc) is 3.09. The van der Waals surface area contributed by atoms with Crippen molar-refractivity contribution in [1.82, 2.24) is 15.0 Å². The first-order valence-electron chi connectivity index (χ1n) is 4.55. The van der Waals surface area contributed by atoms with Gasteiger partial charge in [0.2, 0.25) is 0 Å². The Morgan fingerprint density at radius 3 is 0.625 bits per heavy atom. The molecule has 0 aliphatic heterocycles. The molecule has 3 heterocycles. The summed E-state index contributed by atoms with van der Waals surface area (Å²) in [6.45, 7) is 0. The molecule has 0 aromatic carbocycles. The van der Waals surface area contributed by atoms with Crippen LogP contribution in [0.15, 0.2) is 73.6 Å². The average molecular weight is 406 g/mol. The molecule has 0 spiro atoms. The van der Waals surface area contributed by atoms with E-state index in [0.29, 0.717) is 0 Å². The van der Waals surface area contributed by atoms with Crippen LogP contribution in [0.1, 0.15) is 0 Å². The molecular formula is C12H13N3Pb-3. The summed E-state index contributed by atoms with van der Waals surface area (Å²) in [7, 11) is 0. The van der Waals surface area contributed by atoms with E-state index < -0.39 is 0 Å². The summed E-state index contributed by atoms with van der Waals surface area (Å²) < 4.78 is 0. The minimum atomic E-state index is 0. The van der Waals surface area contributed by atoms with E-state index in [0.717, 1.165) is 0 Å². The van der Waals surface area contributed by atoms with E-state index in [1.807, 2.05) is 36.4 Å². The van der Waals surface area contributed by atoms with Gasteiger partial charge < -0.3 is 15.0 Å². The first-order chi connectivity index (χ1) is 7.50. The van der Waals surface area contributed by atoms with Gasteiger partial charge in [0.25, 0.3) is 0 Å². The maximum atomic E-state index is 3.72.